The van der Waals surface area contributed by atoms with Gasteiger partial charge in [0, 0.05) is 12.1 Å². The van der Waals surface area contributed by atoms with Crippen molar-refractivity contribution < 1.29 is 4.79 Å². The number of aromatic nitrogens is 2. The molecule has 0 saturated carbocycles. The van der Waals surface area contributed by atoms with E-state index in [1.54, 1.807) is 0 Å². The smallest absolute Gasteiger partial charge is 0.270 e. The Morgan fingerprint density at radius 1 is 1.30 bits per heavy atom. The van der Waals surface area contributed by atoms with Gasteiger partial charge in [0.2, 0.25) is 0 Å². The van der Waals surface area contributed by atoms with Crippen molar-refractivity contribution in [1.29, 1.82) is 0 Å². The number of amides is 1. The number of halogens is 1. The first kappa shape index (κ1) is 16.2. The average molecular weight is 377 g/mol. The van der Waals surface area contributed by atoms with Gasteiger partial charge < -0.3 is 10.6 Å². The minimum absolute atomic E-state index is 0.119. The van der Waals surface area contributed by atoms with Crippen LogP contribution in [0.4, 0.5) is 0 Å². The van der Waals surface area contributed by atoms with Crippen molar-refractivity contribution in [2.24, 2.45) is 5.41 Å². The number of aromatic amines is 1. The summed E-state index contributed by atoms with van der Waals surface area (Å²) in [5.74, 6) is -0.119. The van der Waals surface area contributed by atoms with Crippen LogP contribution in [-0.2, 0) is 0 Å². The van der Waals surface area contributed by atoms with Crippen LogP contribution < -0.4 is 10.6 Å². The van der Waals surface area contributed by atoms with Gasteiger partial charge in [-0.2, -0.15) is 5.10 Å². The molecule has 122 valence electrons. The number of nitrogens with zero attached hydrogens (tertiary/aromatic N) is 1. The largest absolute Gasteiger partial charge is 0.350 e. The van der Waals surface area contributed by atoms with Crippen molar-refractivity contribution >= 4 is 21.8 Å². The maximum Gasteiger partial charge on any atom is 0.270 e. The maximum atomic E-state index is 12.5. The van der Waals surface area contributed by atoms with E-state index in [2.05, 4.69) is 43.7 Å². The van der Waals surface area contributed by atoms with Crippen molar-refractivity contribution in [3.8, 4) is 11.3 Å². The van der Waals surface area contributed by atoms with Crippen LogP contribution in [0.5, 0.6) is 0 Å². The molecule has 0 atom stereocenters. The topological polar surface area (TPSA) is 69.8 Å². The SMILES string of the molecule is CC1(CNC(=O)c2[nH]nc(-c3ccccc3)c2Br)CCNCC1. The normalized spacial score (nSPS) is 17.0. The Balaban J connectivity index is 1.70. The Morgan fingerprint density at radius 2 is 2.00 bits per heavy atom. The van der Waals surface area contributed by atoms with E-state index in [0.29, 0.717) is 16.7 Å². The van der Waals surface area contributed by atoms with E-state index in [9.17, 15) is 4.79 Å². The number of benzene rings is 1. The molecule has 0 aliphatic carbocycles. The molecule has 0 unspecified atom stereocenters. The fourth-order valence-corrected chi connectivity index (χ4v) is 3.44. The molecule has 0 spiro atoms. The Kier molecular flexibility index (Phi) is 4.82. The summed E-state index contributed by atoms with van der Waals surface area (Å²) < 4.78 is 0.705. The molecule has 1 saturated heterocycles. The molecule has 1 aliphatic rings. The molecular formula is C17H21BrN4O. The minimum atomic E-state index is -0.119. The standard InChI is InChI=1S/C17H21BrN4O/c1-17(7-9-19-10-8-17)11-20-16(23)15-13(18)14(21-22-15)12-5-3-2-4-6-12/h2-6,19H,7-11H2,1H3,(H,20,23)(H,21,22). The lowest BCUT2D eigenvalue weighted by Gasteiger charge is -2.34. The summed E-state index contributed by atoms with van der Waals surface area (Å²) >= 11 is 3.50. The van der Waals surface area contributed by atoms with Crippen molar-refractivity contribution in [2.45, 2.75) is 19.8 Å². The lowest BCUT2D eigenvalue weighted by Crippen LogP contribution is -2.43. The van der Waals surface area contributed by atoms with Gasteiger partial charge in [-0.05, 0) is 47.3 Å². The molecule has 6 heteroatoms. The highest BCUT2D eigenvalue weighted by Gasteiger charge is 2.28. The zero-order chi connectivity index (χ0) is 16.3. The van der Waals surface area contributed by atoms with Crippen molar-refractivity contribution in [3.63, 3.8) is 0 Å². The fraction of sp³-hybridized carbons (Fsp3) is 0.412. The van der Waals surface area contributed by atoms with E-state index in [1.165, 1.54) is 0 Å². The van der Waals surface area contributed by atoms with Crippen LogP contribution in [0.25, 0.3) is 11.3 Å². The number of piperidine rings is 1. The zero-order valence-corrected chi connectivity index (χ0v) is 14.7. The minimum Gasteiger partial charge on any atom is -0.350 e. The molecule has 1 aromatic carbocycles. The molecule has 3 rings (SSSR count). The van der Waals surface area contributed by atoms with Crippen molar-refractivity contribution in [2.75, 3.05) is 19.6 Å². The molecule has 0 radical (unpaired) electrons. The number of H-pyrrole nitrogens is 1. The van der Waals surface area contributed by atoms with Crippen LogP contribution in [0.3, 0.4) is 0 Å². The first-order valence-electron chi connectivity index (χ1n) is 7.87. The summed E-state index contributed by atoms with van der Waals surface area (Å²) in [7, 11) is 0. The highest BCUT2D eigenvalue weighted by Crippen LogP contribution is 2.29. The van der Waals surface area contributed by atoms with Gasteiger partial charge in [-0.1, -0.05) is 37.3 Å². The third kappa shape index (κ3) is 3.64. The first-order valence-corrected chi connectivity index (χ1v) is 8.67. The van der Waals surface area contributed by atoms with Gasteiger partial charge >= 0.3 is 0 Å². The number of carbonyl (C=O) groups excluding carboxylic acids is 1. The lowest BCUT2D eigenvalue weighted by atomic mass is 9.81. The number of hydrogen-bond donors (Lipinski definition) is 3. The first-order chi connectivity index (χ1) is 11.1. The summed E-state index contributed by atoms with van der Waals surface area (Å²) in [4.78, 5) is 12.5. The van der Waals surface area contributed by atoms with Crippen LogP contribution in [0.1, 0.15) is 30.3 Å². The Hall–Kier alpha value is -1.66. The van der Waals surface area contributed by atoms with Gasteiger partial charge in [0.1, 0.15) is 11.4 Å². The van der Waals surface area contributed by atoms with Gasteiger partial charge in [0.25, 0.3) is 5.91 Å². The predicted octanol–water partition coefficient (Wildman–Crippen LogP) is 2.96. The van der Waals surface area contributed by atoms with Gasteiger partial charge in [-0.3, -0.25) is 9.89 Å². The average Bonchev–Trinajstić information content (AvgIpc) is 2.96. The van der Waals surface area contributed by atoms with Gasteiger partial charge in [0.15, 0.2) is 0 Å². The second-order valence-corrected chi connectivity index (χ2v) is 7.16. The monoisotopic (exact) mass is 376 g/mol. The summed E-state index contributed by atoms with van der Waals surface area (Å²) in [6, 6.07) is 9.80. The fourth-order valence-electron chi connectivity index (χ4n) is 2.86. The van der Waals surface area contributed by atoms with Gasteiger partial charge in [0.05, 0.1) is 4.47 Å². The molecule has 0 bridgehead atoms. The third-order valence-electron chi connectivity index (χ3n) is 4.47. The van der Waals surface area contributed by atoms with E-state index in [-0.39, 0.29) is 11.3 Å². The van der Waals surface area contributed by atoms with E-state index in [0.717, 1.165) is 37.2 Å². The van der Waals surface area contributed by atoms with E-state index >= 15 is 0 Å². The zero-order valence-electron chi connectivity index (χ0n) is 13.2. The molecule has 1 aromatic heterocycles. The van der Waals surface area contributed by atoms with E-state index < -0.39 is 0 Å². The third-order valence-corrected chi connectivity index (χ3v) is 5.24. The molecule has 1 fully saturated rings. The summed E-state index contributed by atoms with van der Waals surface area (Å²) in [6.45, 7) is 4.93. The molecule has 23 heavy (non-hydrogen) atoms. The van der Waals surface area contributed by atoms with Gasteiger partial charge in [-0.15, -0.1) is 0 Å². The number of carbonyl (C=O) groups is 1. The van der Waals surface area contributed by atoms with Crippen LogP contribution in [-0.4, -0.2) is 35.7 Å². The molecule has 2 aromatic rings. The summed E-state index contributed by atoms with van der Waals surface area (Å²) in [6.07, 6.45) is 2.15. The molecule has 2 heterocycles. The van der Waals surface area contributed by atoms with Crippen molar-refractivity contribution in [3.05, 3.63) is 40.5 Å². The van der Waals surface area contributed by atoms with E-state index in [1.807, 2.05) is 30.3 Å². The van der Waals surface area contributed by atoms with Crippen LogP contribution in [0, 0.1) is 5.41 Å². The van der Waals surface area contributed by atoms with Gasteiger partial charge in [-0.25, -0.2) is 0 Å². The molecule has 1 aliphatic heterocycles. The molecule has 3 N–H and O–H groups in total. The van der Waals surface area contributed by atoms with Crippen LogP contribution in [0.2, 0.25) is 0 Å². The number of rotatable bonds is 4. The maximum absolute atomic E-state index is 12.5. The Bertz CT molecular complexity index is 677. The van der Waals surface area contributed by atoms with E-state index in [4.69, 9.17) is 0 Å². The lowest BCUT2D eigenvalue weighted by molar-refractivity contribution is 0.0916. The predicted molar refractivity (Wildman–Crippen MR) is 94.3 cm³/mol. The second kappa shape index (κ2) is 6.84. The Labute approximate surface area is 144 Å². The van der Waals surface area contributed by atoms with Crippen LogP contribution >= 0.6 is 15.9 Å². The molecular weight excluding hydrogens is 356 g/mol. The quantitative estimate of drug-likeness (QED) is 0.767. The highest BCUT2D eigenvalue weighted by molar-refractivity contribution is 9.10. The molecule has 1 amide bonds. The van der Waals surface area contributed by atoms with Crippen molar-refractivity contribution in [1.82, 2.24) is 20.8 Å². The van der Waals surface area contributed by atoms with Crippen LogP contribution in [0.15, 0.2) is 34.8 Å². The summed E-state index contributed by atoms with van der Waals surface area (Å²) in [5, 5.41) is 13.5. The summed E-state index contributed by atoms with van der Waals surface area (Å²) in [5.41, 5.74) is 2.36. The number of hydrogen-bond acceptors (Lipinski definition) is 3. The second-order valence-electron chi connectivity index (χ2n) is 6.37. The molecule has 5 nitrogen and oxygen atoms in total. The number of nitrogens with one attached hydrogen (secondary N) is 3. The Morgan fingerprint density at radius 3 is 2.70 bits per heavy atom. The highest BCUT2D eigenvalue weighted by atomic mass is 79.9.